The molecule has 1 atom stereocenters. The van der Waals surface area contributed by atoms with E-state index in [0.717, 1.165) is 38.2 Å². The molecule has 120 valence electrons. The fourth-order valence-corrected chi connectivity index (χ4v) is 2.91. The van der Waals surface area contributed by atoms with Crippen LogP contribution in [-0.2, 0) is 6.54 Å². The minimum atomic E-state index is -0.0117. The minimum absolute atomic E-state index is 0.0117. The minimum Gasteiger partial charge on any atom is -0.323 e. The van der Waals surface area contributed by atoms with Crippen LogP contribution in [0.2, 0.25) is 0 Å². The molecule has 3 rings (SSSR count). The molecule has 1 heterocycles. The fourth-order valence-electron chi connectivity index (χ4n) is 2.91. The highest BCUT2D eigenvalue weighted by Crippen LogP contribution is 2.13. The Morgan fingerprint density at radius 2 is 1.74 bits per heavy atom. The van der Waals surface area contributed by atoms with E-state index in [0.29, 0.717) is 6.04 Å². The molecule has 0 spiro atoms. The third kappa shape index (κ3) is 4.57. The van der Waals surface area contributed by atoms with E-state index < -0.39 is 0 Å². The van der Waals surface area contributed by atoms with Gasteiger partial charge in [0.1, 0.15) is 0 Å². The summed E-state index contributed by atoms with van der Waals surface area (Å²) in [7, 11) is 0. The molecule has 2 aromatic carbocycles. The number of nitrogens with zero attached hydrogens (tertiary/aromatic N) is 1. The first-order valence-corrected chi connectivity index (χ1v) is 8.19. The highest BCUT2D eigenvalue weighted by molar-refractivity contribution is 5.89. The lowest BCUT2D eigenvalue weighted by molar-refractivity contribution is 0.185. The van der Waals surface area contributed by atoms with Gasteiger partial charge in [-0.3, -0.25) is 0 Å². The Bertz CT molecular complexity index is 615. The Morgan fingerprint density at radius 3 is 2.48 bits per heavy atom. The van der Waals surface area contributed by atoms with E-state index in [9.17, 15) is 4.79 Å². The standard InChI is InChI=1S/C19H23N3O/c23-19(21-17-10-5-2-6-11-17)22-13-7-12-18(15-22)20-14-16-8-3-1-4-9-16/h1-6,8-11,18,20H,7,12-15H2,(H,21,23). The molecule has 1 aliphatic rings. The first-order chi connectivity index (χ1) is 11.3. The quantitative estimate of drug-likeness (QED) is 0.908. The van der Waals surface area contributed by atoms with Crippen LogP contribution < -0.4 is 10.6 Å². The molecule has 2 N–H and O–H groups in total. The molecule has 1 aliphatic heterocycles. The van der Waals surface area contributed by atoms with Crippen molar-refractivity contribution >= 4 is 11.7 Å². The van der Waals surface area contributed by atoms with Crippen molar-refractivity contribution in [2.75, 3.05) is 18.4 Å². The molecule has 1 fully saturated rings. The van der Waals surface area contributed by atoms with E-state index in [-0.39, 0.29) is 6.03 Å². The number of hydrogen-bond donors (Lipinski definition) is 2. The number of carbonyl (C=O) groups is 1. The van der Waals surface area contributed by atoms with Crippen LogP contribution in [0.3, 0.4) is 0 Å². The highest BCUT2D eigenvalue weighted by Gasteiger charge is 2.23. The summed E-state index contributed by atoms with van der Waals surface area (Å²) in [6.07, 6.45) is 2.15. The summed E-state index contributed by atoms with van der Waals surface area (Å²) >= 11 is 0. The molecule has 4 nitrogen and oxygen atoms in total. The third-order valence-corrected chi connectivity index (χ3v) is 4.17. The monoisotopic (exact) mass is 309 g/mol. The van der Waals surface area contributed by atoms with E-state index >= 15 is 0 Å². The number of urea groups is 1. The van der Waals surface area contributed by atoms with Gasteiger partial charge in [0.2, 0.25) is 0 Å². The second kappa shape index (κ2) is 7.79. The average Bonchev–Trinajstić information content (AvgIpc) is 2.62. The second-order valence-electron chi connectivity index (χ2n) is 5.95. The van der Waals surface area contributed by atoms with Crippen molar-refractivity contribution in [2.24, 2.45) is 0 Å². The summed E-state index contributed by atoms with van der Waals surface area (Å²) in [4.78, 5) is 14.3. The fraction of sp³-hybridized carbons (Fsp3) is 0.316. The smallest absolute Gasteiger partial charge is 0.321 e. The van der Waals surface area contributed by atoms with Gasteiger partial charge in [0, 0.05) is 31.4 Å². The number of likely N-dealkylation sites (tertiary alicyclic amines) is 1. The van der Waals surface area contributed by atoms with Gasteiger partial charge in [-0.1, -0.05) is 48.5 Å². The van der Waals surface area contributed by atoms with E-state index in [4.69, 9.17) is 0 Å². The van der Waals surface area contributed by atoms with Crippen molar-refractivity contribution in [3.05, 3.63) is 66.2 Å². The molecule has 0 radical (unpaired) electrons. The second-order valence-corrected chi connectivity index (χ2v) is 5.95. The normalized spacial score (nSPS) is 17.7. The van der Waals surface area contributed by atoms with Gasteiger partial charge in [-0.05, 0) is 30.5 Å². The van der Waals surface area contributed by atoms with Crippen LogP contribution in [-0.4, -0.2) is 30.1 Å². The van der Waals surface area contributed by atoms with E-state index in [1.165, 1.54) is 5.56 Å². The molecule has 0 saturated carbocycles. The number of piperidine rings is 1. The Kier molecular flexibility index (Phi) is 5.27. The van der Waals surface area contributed by atoms with Crippen molar-refractivity contribution in [3.63, 3.8) is 0 Å². The number of anilines is 1. The van der Waals surface area contributed by atoms with Gasteiger partial charge in [-0.15, -0.1) is 0 Å². The number of benzene rings is 2. The van der Waals surface area contributed by atoms with Gasteiger partial charge in [-0.25, -0.2) is 4.79 Å². The lowest BCUT2D eigenvalue weighted by Gasteiger charge is -2.33. The van der Waals surface area contributed by atoms with Gasteiger partial charge in [-0.2, -0.15) is 0 Å². The first-order valence-electron chi connectivity index (χ1n) is 8.19. The predicted molar refractivity (Wildman–Crippen MR) is 93.3 cm³/mol. The number of carbonyl (C=O) groups excluding carboxylic acids is 1. The SMILES string of the molecule is O=C(Nc1ccccc1)N1CCCC(NCc2ccccc2)C1. The summed E-state index contributed by atoms with van der Waals surface area (Å²) in [6, 6.07) is 20.3. The van der Waals surface area contributed by atoms with Crippen molar-refractivity contribution in [1.82, 2.24) is 10.2 Å². The highest BCUT2D eigenvalue weighted by atomic mass is 16.2. The molecule has 1 saturated heterocycles. The van der Waals surface area contributed by atoms with Crippen molar-refractivity contribution in [3.8, 4) is 0 Å². The molecule has 2 amide bonds. The zero-order valence-electron chi connectivity index (χ0n) is 13.2. The van der Waals surface area contributed by atoms with Gasteiger partial charge < -0.3 is 15.5 Å². The summed E-state index contributed by atoms with van der Waals surface area (Å²) in [5.41, 5.74) is 2.12. The Labute approximate surface area is 137 Å². The molecular formula is C19H23N3O. The third-order valence-electron chi connectivity index (χ3n) is 4.17. The number of nitrogens with one attached hydrogen (secondary N) is 2. The Hall–Kier alpha value is -2.33. The number of hydrogen-bond acceptors (Lipinski definition) is 2. The summed E-state index contributed by atoms with van der Waals surface area (Å²) in [5, 5.41) is 6.53. The van der Waals surface area contributed by atoms with Crippen LogP contribution in [0.4, 0.5) is 10.5 Å². The lowest BCUT2D eigenvalue weighted by Crippen LogP contribution is -2.49. The zero-order chi connectivity index (χ0) is 15.9. The van der Waals surface area contributed by atoms with Crippen LogP contribution in [0.15, 0.2) is 60.7 Å². The van der Waals surface area contributed by atoms with Crippen LogP contribution >= 0.6 is 0 Å². The average molecular weight is 309 g/mol. The largest absolute Gasteiger partial charge is 0.323 e. The molecular weight excluding hydrogens is 286 g/mol. The number of para-hydroxylation sites is 1. The van der Waals surface area contributed by atoms with Crippen LogP contribution in [0.25, 0.3) is 0 Å². The van der Waals surface area contributed by atoms with E-state index in [1.807, 2.05) is 41.3 Å². The maximum atomic E-state index is 12.4. The predicted octanol–water partition coefficient (Wildman–Crippen LogP) is 3.47. The summed E-state index contributed by atoms with van der Waals surface area (Å²) in [5.74, 6) is 0. The molecule has 4 heteroatoms. The van der Waals surface area contributed by atoms with Crippen molar-refractivity contribution in [1.29, 1.82) is 0 Å². The van der Waals surface area contributed by atoms with E-state index in [2.05, 4.69) is 34.9 Å². The maximum absolute atomic E-state index is 12.4. The van der Waals surface area contributed by atoms with Crippen LogP contribution in [0, 0.1) is 0 Å². The van der Waals surface area contributed by atoms with Crippen LogP contribution in [0.1, 0.15) is 18.4 Å². The van der Waals surface area contributed by atoms with Crippen molar-refractivity contribution < 1.29 is 4.79 Å². The zero-order valence-corrected chi connectivity index (χ0v) is 13.2. The maximum Gasteiger partial charge on any atom is 0.321 e. The summed E-state index contributed by atoms with van der Waals surface area (Å²) in [6.45, 7) is 2.42. The number of rotatable bonds is 4. The molecule has 0 bridgehead atoms. The Morgan fingerprint density at radius 1 is 1.04 bits per heavy atom. The molecule has 0 aromatic heterocycles. The van der Waals surface area contributed by atoms with Gasteiger partial charge in [0.15, 0.2) is 0 Å². The molecule has 1 unspecified atom stereocenters. The molecule has 2 aromatic rings. The summed E-state index contributed by atoms with van der Waals surface area (Å²) < 4.78 is 0. The topological polar surface area (TPSA) is 44.4 Å². The Balaban J connectivity index is 1.50. The van der Waals surface area contributed by atoms with Crippen LogP contribution in [0.5, 0.6) is 0 Å². The van der Waals surface area contributed by atoms with Crippen molar-refractivity contribution in [2.45, 2.75) is 25.4 Å². The van der Waals surface area contributed by atoms with Gasteiger partial charge in [0.25, 0.3) is 0 Å². The van der Waals surface area contributed by atoms with Gasteiger partial charge in [0.05, 0.1) is 0 Å². The molecule has 23 heavy (non-hydrogen) atoms. The lowest BCUT2D eigenvalue weighted by atomic mass is 10.1. The van der Waals surface area contributed by atoms with E-state index in [1.54, 1.807) is 0 Å². The number of amides is 2. The van der Waals surface area contributed by atoms with Gasteiger partial charge >= 0.3 is 6.03 Å². The first kappa shape index (κ1) is 15.6. The molecule has 0 aliphatic carbocycles.